The molecule has 208 valence electrons. The molecule has 0 amide bonds. The first-order chi connectivity index (χ1) is 21.2. The second-order valence-corrected chi connectivity index (χ2v) is 11.7. The van der Waals surface area contributed by atoms with Crippen molar-refractivity contribution in [1.29, 1.82) is 0 Å². The maximum Gasteiger partial charge on any atom is 0.221 e. The second-order valence-electron chi connectivity index (χ2n) is 11.7. The minimum atomic E-state index is 0.535. The van der Waals surface area contributed by atoms with Gasteiger partial charge in [0.25, 0.3) is 0 Å². The Hall–Kier alpha value is -5.02. The Morgan fingerprint density at radius 1 is 0.395 bits per heavy atom. The van der Waals surface area contributed by atoms with Gasteiger partial charge in [-0.05, 0) is 95.2 Å². The fraction of sp³-hybridized carbons (Fsp3) is 0.150. The number of aryl methyl sites for hydroxylation is 4. The molecule has 6 heterocycles. The highest BCUT2D eigenvalue weighted by atomic mass is 16.5. The Labute approximate surface area is 252 Å². The quantitative estimate of drug-likeness (QED) is 0.187. The van der Waals surface area contributed by atoms with Gasteiger partial charge in [-0.1, -0.05) is 97.1 Å². The minimum absolute atomic E-state index is 0.535. The first-order valence-corrected chi connectivity index (χ1v) is 15.2. The van der Waals surface area contributed by atoms with Crippen LogP contribution in [-0.4, -0.2) is 9.97 Å². The lowest BCUT2D eigenvalue weighted by atomic mass is 9.80. The fourth-order valence-corrected chi connectivity index (χ4v) is 6.63. The van der Waals surface area contributed by atoms with Crippen LogP contribution in [0.2, 0.25) is 0 Å². The average molecular weight is 557 g/mol. The van der Waals surface area contributed by atoms with E-state index in [0.717, 1.165) is 61.0 Å². The first kappa shape index (κ1) is 25.7. The van der Waals surface area contributed by atoms with Crippen LogP contribution in [0.3, 0.4) is 0 Å². The number of hydrogen-bond acceptors (Lipinski definition) is 3. The van der Waals surface area contributed by atoms with Crippen molar-refractivity contribution >= 4 is 0 Å². The van der Waals surface area contributed by atoms with Crippen LogP contribution >= 0.6 is 0 Å². The summed E-state index contributed by atoms with van der Waals surface area (Å²) in [5.74, 6) is 1.07. The normalized spacial score (nSPS) is 13.7. The summed E-state index contributed by atoms with van der Waals surface area (Å²) in [6.45, 7) is 0. The zero-order valence-corrected chi connectivity index (χ0v) is 24.1. The largest absolute Gasteiger partial charge is 0.421 e. The molecule has 6 aromatic rings. The minimum Gasteiger partial charge on any atom is -0.421 e. The van der Waals surface area contributed by atoms with Crippen LogP contribution in [0.4, 0.5) is 0 Å². The highest BCUT2D eigenvalue weighted by Gasteiger charge is 2.20. The van der Waals surface area contributed by atoms with Crippen molar-refractivity contribution in [2.45, 2.75) is 38.5 Å². The van der Waals surface area contributed by atoms with Crippen LogP contribution in [0.5, 0.6) is 11.8 Å². The fourth-order valence-electron chi connectivity index (χ4n) is 6.63. The summed E-state index contributed by atoms with van der Waals surface area (Å²) < 4.78 is 6.13. The molecule has 3 nitrogen and oxygen atoms in total. The smallest absolute Gasteiger partial charge is 0.221 e. The number of rotatable bonds is 0. The van der Waals surface area contributed by atoms with Crippen molar-refractivity contribution in [2.24, 2.45) is 0 Å². The third-order valence-electron chi connectivity index (χ3n) is 9.00. The van der Waals surface area contributed by atoms with Crippen molar-refractivity contribution in [3.63, 3.8) is 0 Å². The zero-order chi connectivity index (χ0) is 28.6. The summed E-state index contributed by atoms with van der Waals surface area (Å²) in [6, 6.07) is 43.3. The third-order valence-corrected chi connectivity index (χ3v) is 9.00. The summed E-state index contributed by atoms with van der Waals surface area (Å²) in [5.41, 5.74) is 15.6. The number of pyridine rings is 2. The lowest BCUT2D eigenvalue weighted by Gasteiger charge is -2.25. The molecule has 43 heavy (non-hydrogen) atoms. The van der Waals surface area contributed by atoms with Crippen LogP contribution in [0.1, 0.15) is 44.5 Å². The van der Waals surface area contributed by atoms with E-state index in [4.69, 9.17) is 14.7 Å². The van der Waals surface area contributed by atoms with Crippen LogP contribution < -0.4 is 4.74 Å². The molecule has 3 heteroatoms. The summed E-state index contributed by atoms with van der Waals surface area (Å²) in [5, 5.41) is 0. The molecule has 0 saturated carbocycles. The highest BCUT2D eigenvalue weighted by molar-refractivity contribution is 5.61. The molecular formula is C40H32N2O. The van der Waals surface area contributed by atoms with E-state index in [-0.39, 0.29) is 0 Å². The van der Waals surface area contributed by atoms with Gasteiger partial charge in [-0.2, -0.15) is 0 Å². The van der Waals surface area contributed by atoms with E-state index in [1.807, 2.05) is 36.4 Å². The molecule has 0 spiro atoms. The molecule has 0 atom stereocenters. The third kappa shape index (κ3) is 5.23. The summed E-state index contributed by atoms with van der Waals surface area (Å²) in [4.78, 5) is 9.59. The molecule has 11 rings (SSSR count). The van der Waals surface area contributed by atoms with Gasteiger partial charge < -0.3 is 4.74 Å². The molecule has 0 radical (unpaired) electrons. The Kier molecular flexibility index (Phi) is 6.57. The second kappa shape index (κ2) is 11.0. The van der Waals surface area contributed by atoms with E-state index in [9.17, 15) is 0 Å². The Morgan fingerprint density at radius 2 is 0.837 bits per heavy atom. The molecule has 4 aromatic carbocycles. The van der Waals surface area contributed by atoms with E-state index < -0.39 is 0 Å². The Balaban J connectivity index is 1.18. The van der Waals surface area contributed by atoms with Gasteiger partial charge in [0.1, 0.15) is 0 Å². The lowest BCUT2D eigenvalue weighted by molar-refractivity contribution is 0.446. The van der Waals surface area contributed by atoms with Gasteiger partial charge in [-0.15, -0.1) is 0 Å². The monoisotopic (exact) mass is 556 g/mol. The molecule has 0 N–H and O–H groups in total. The molecule has 2 aromatic heterocycles. The van der Waals surface area contributed by atoms with Gasteiger partial charge in [0.05, 0.1) is 11.4 Å². The molecule has 0 unspecified atom stereocenters. The lowest BCUT2D eigenvalue weighted by Crippen LogP contribution is -2.13. The standard InChI is InChI=1S/C40H32N2O/c1-5-29-19-13-27-15-21-31(22-16-27)37-9-3-11-39(41-37)43-40-12-4-10-38(42-40)32-23-17-28(18-24-32)14-20-30-6-2-8-34-25-33(7-1)35(29)26-36(30)34/h1-12,15-18,21-24H,13-14,19-20,25-26H2. The maximum atomic E-state index is 6.13. The van der Waals surface area contributed by atoms with Gasteiger partial charge in [-0.25, -0.2) is 9.97 Å². The Bertz CT molecular complexity index is 1800. The SMILES string of the molecule is c1cc2nc(c1)-c1ccc(cc1)CCc1cccc3c1Cc1c(cccc1C3)CCc1ccc(cc1)-c1cccc(n1)O2. The zero-order valence-electron chi connectivity index (χ0n) is 24.1. The summed E-state index contributed by atoms with van der Waals surface area (Å²) in [7, 11) is 0. The highest BCUT2D eigenvalue weighted by Crippen LogP contribution is 2.33. The van der Waals surface area contributed by atoms with Crippen molar-refractivity contribution < 1.29 is 4.74 Å². The van der Waals surface area contributed by atoms with E-state index in [1.54, 1.807) is 0 Å². The van der Waals surface area contributed by atoms with Crippen LogP contribution in [-0.2, 0) is 38.5 Å². The van der Waals surface area contributed by atoms with Crippen LogP contribution in [0.25, 0.3) is 22.5 Å². The number of hydrogen-bond donors (Lipinski definition) is 0. The van der Waals surface area contributed by atoms with E-state index in [0.29, 0.717) is 11.8 Å². The number of aromatic nitrogens is 2. The number of nitrogens with zero attached hydrogens (tertiary/aromatic N) is 2. The number of benzene rings is 4. The summed E-state index contributed by atoms with van der Waals surface area (Å²) in [6.07, 6.45) is 6.16. The molecule has 0 saturated heterocycles. The topological polar surface area (TPSA) is 35.0 Å². The van der Waals surface area contributed by atoms with Crippen molar-refractivity contribution in [1.82, 2.24) is 9.97 Å². The maximum absolute atomic E-state index is 6.13. The average Bonchev–Trinajstić information content (AvgIpc) is 3.06. The molecule has 1 aliphatic carbocycles. The summed E-state index contributed by atoms with van der Waals surface area (Å²) >= 11 is 0. The van der Waals surface area contributed by atoms with Crippen molar-refractivity contribution in [3.8, 4) is 34.3 Å². The van der Waals surface area contributed by atoms with Crippen molar-refractivity contribution in [3.05, 3.63) is 166 Å². The molecule has 0 fully saturated rings. The molecule has 10 bridgehead atoms. The van der Waals surface area contributed by atoms with Gasteiger partial charge in [0.15, 0.2) is 0 Å². The van der Waals surface area contributed by atoms with E-state index >= 15 is 0 Å². The van der Waals surface area contributed by atoms with Gasteiger partial charge in [0.2, 0.25) is 11.8 Å². The van der Waals surface area contributed by atoms with Crippen LogP contribution in [0.15, 0.2) is 121 Å². The molecule has 5 aliphatic rings. The van der Waals surface area contributed by atoms with Crippen LogP contribution in [0, 0.1) is 0 Å². The number of ether oxygens (including phenoxy) is 1. The van der Waals surface area contributed by atoms with Gasteiger partial charge >= 0.3 is 0 Å². The van der Waals surface area contributed by atoms with Gasteiger partial charge in [-0.3, -0.25) is 0 Å². The first-order valence-electron chi connectivity index (χ1n) is 15.2. The van der Waals surface area contributed by atoms with E-state index in [1.165, 1.54) is 44.5 Å². The van der Waals surface area contributed by atoms with Crippen molar-refractivity contribution in [2.75, 3.05) is 0 Å². The predicted molar refractivity (Wildman–Crippen MR) is 173 cm³/mol. The van der Waals surface area contributed by atoms with E-state index in [2.05, 4.69) is 84.9 Å². The predicted octanol–water partition coefficient (Wildman–Crippen LogP) is 8.98. The molecule has 4 aliphatic heterocycles. The molecular weight excluding hydrogens is 524 g/mol. The Morgan fingerprint density at radius 3 is 1.33 bits per heavy atom. The van der Waals surface area contributed by atoms with Gasteiger partial charge in [0, 0.05) is 23.3 Å².